The predicted octanol–water partition coefficient (Wildman–Crippen LogP) is 5.28. The summed E-state index contributed by atoms with van der Waals surface area (Å²) in [5.74, 6) is 0.762. The molecule has 0 spiro atoms. The molecule has 1 unspecified atom stereocenters. The Hall–Kier alpha value is -1.56. The van der Waals surface area contributed by atoms with Crippen LogP contribution in [0.1, 0.15) is 39.2 Å². The van der Waals surface area contributed by atoms with Crippen LogP contribution < -0.4 is 10.1 Å². The van der Waals surface area contributed by atoms with Gasteiger partial charge in [0.05, 0.1) is 0 Å². The van der Waals surface area contributed by atoms with Crippen LogP contribution in [0.15, 0.2) is 30.5 Å². The van der Waals surface area contributed by atoms with Gasteiger partial charge in [0.15, 0.2) is 0 Å². The van der Waals surface area contributed by atoms with E-state index in [1.54, 1.807) is 18.3 Å². The maximum Gasteiger partial charge on any atom is 0.318 e. The van der Waals surface area contributed by atoms with Gasteiger partial charge in [-0.15, -0.1) is 0 Å². The summed E-state index contributed by atoms with van der Waals surface area (Å²) in [5.41, 5.74) is 0.841. The summed E-state index contributed by atoms with van der Waals surface area (Å²) >= 11 is 12.1. The van der Waals surface area contributed by atoms with Gasteiger partial charge in [-0.25, -0.2) is 4.98 Å². The second kappa shape index (κ2) is 11.3. The van der Waals surface area contributed by atoms with E-state index < -0.39 is 0 Å². The molecular formula is C20H28Cl2N4O. The van der Waals surface area contributed by atoms with E-state index in [0.29, 0.717) is 28.7 Å². The van der Waals surface area contributed by atoms with Crippen molar-refractivity contribution >= 4 is 29.0 Å². The molecule has 0 saturated carbocycles. The molecule has 148 valence electrons. The van der Waals surface area contributed by atoms with Crippen LogP contribution in [0.3, 0.4) is 0 Å². The molecular weight excluding hydrogens is 383 g/mol. The molecule has 1 heterocycles. The largest absolute Gasteiger partial charge is 0.458 e. The van der Waals surface area contributed by atoms with Gasteiger partial charge in [0.25, 0.3) is 0 Å². The fourth-order valence-corrected chi connectivity index (χ4v) is 3.22. The smallest absolute Gasteiger partial charge is 0.318 e. The number of halogens is 2. The van der Waals surface area contributed by atoms with Gasteiger partial charge in [-0.2, -0.15) is 4.98 Å². The number of benzene rings is 1. The van der Waals surface area contributed by atoms with Crippen LogP contribution in [0.25, 0.3) is 0 Å². The molecule has 0 amide bonds. The minimum absolute atomic E-state index is 0.291. The van der Waals surface area contributed by atoms with Gasteiger partial charge < -0.3 is 15.0 Å². The highest BCUT2D eigenvalue weighted by Gasteiger charge is 2.08. The summed E-state index contributed by atoms with van der Waals surface area (Å²) in [7, 11) is 0. The molecule has 1 aromatic carbocycles. The topological polar surface area (TPSA) is 50.3 Å². The second-order valence-electron chi connectivity index (χ2n) is 6.46. The van der Waals surface area contributed by atoms with E-state index in [2.05, 4.69) is 41.0 Å². The molecule has 0 bridgehead atoms. The second-order valence-corrected chi connectivity index (χ2v) is 7.31. The van der Waals surface area contributed by atoms with Crippen molar-refractivity contribution in [3.05, 3.63) is 46.1 Å². The van der Waals surface area contributed by atoms with E-state index in [0.717, 1.165) is 43.9 Å². The lowest BCUT2D eigenvalue weighted by molar-refractivity contribution is 0.281. The molecule has 5 nitrogen and oxygen atoms in total. The molecule has 2 aromatic rings. The number of rotatable bonds is 11. The molecule has 1 aromatic heterocycles. The van der Waals surface area contributed by atoms with Crippen LogP contribution in [0.4, 0.5) is 5.82 Å². The van der Waals surface area contributed by atoms with E-state index in [9.17, 15) is 0 Å². The van der Waals surface area contributed by atoms with Crippen molar-refractivity contribution in [2.45, 2.75) is 46.3 Å². The minimum atomic E-state index is 0.291. The Morgan fingerprint density at radius 3 is 2.67 bits per heavy atom. The summed E-state index contributed by atoms with van der Waals surface area (Å²) < 4.78 is 5.68. The molecule has 7 heteroatoms. The monoisotopic (exact) mass is 410 g/mol. The lowest BCUT2D eigenvalue weighted by atomic mass is 10.1. The third kappa shape index (κ3) is 7.53. The zero-order valence-electron chi connectivity index (χ0n) is 16.2. The van der Waals surface area contributed by atoms with Gasteiger partial charge in [-0.3, -0.25) is 0 Å². The molecule has 0 saturated heterocycles. The summed E-state index contributed by atoms with van der Waals surface area (Å²) in [5, 5.41) is 4.58. The van der Waals surface area contributed by atoms with Crippen LogP contribution >= 0.6 is 23.2 Å². The number of anilines is 1. The first-order chi connectivity index (χ1) is 13.0. The van der Waals surface area contributed by atoms with Crippen LogP contribution in [-0.4, -0.2) is 40.5 Å². The maximum atomic E-state index is 6.17. The van der Waals surface area contributed by atoms with Crippen LogP contribution in [0.5, 0.6) is 6.01 Å². The van der Waals surface area contributed by atoms with Crippen molar-refractivity contribution < 1.29 is 4.74 Å². The Morgan fingerprint density at radius 2 is 1.96 bits per heavy atom. The average Bonchev–Trinajstić information content (AvgIpc) is 2.65. The molecule has 0 aliphatic heterocycles. The summed E-state index contributed by atoms with van der Waals surface area (Å²) in [6, 6.07) is 7.81. The first-order valence-electron chi connectivity index (χ1n) is 9.40. The van der Waals surface area contributed by atoms with Gasteiger partial charge in [-0.1, -0.05) is 43.1 Å². The van der Waals surface area contributed by atoms with E-state index in [1.807, 2.05) is 12.1 Å². The van der Waals surface area contributed by atoms with E-state index >= 15 is 0 Å². The molecule has 0 aliphatic rings. The lowest BCUT2D eigenvalue weighted by Gasteiger charge is -2.20. The Balaban J connectivity index is 1.83. The van der Waals surface area contributed by atoms with Crippen molar-refractivity contribution in [1.82, 2.24) is 14.9 Å². The number of nitrogens with zero attached hydrogens (tertiary/aromatic N) is 3. The highest BCUT2D eigenvalue weighted by molar-refractivity contribution is 6.35. The number of hydrogen-bond acceptors (Lipinski definition) is 5. The lowest BCUT2D eigenvalue weighted by Crippen LogP contribution is -2.25. The van der Waals surface area contributed by atoms with Gasteiger partial charge in [0, 0.05) is 27.8 Å². The van der Waals surface area contributed by atoms with Crippen LogP contribution in [0.2, 0.25) is 10.0 Å². The molecule has 2 rings (SSSR count). The van der Waals surface area contributed by atoms with Gasteiger partial charge in [0.1, 0.15) is 12.4 Å². The normalized spacial score (nSPS) is 12.2. The Labute approximate surface area is 172 Å². The van der Waals surface area contributed by atoms with Crippen LogP contribution in [0, 0.1) is 0 Å². The Morgan fingerprint density at radius 1 is 1.19 bits per heavy atom. The molecule has 0 fully saturated rings. The third-order valence-electron chi connectivity index (χ3n) is 4.41. The van der Waals surface area contributed by atoms with E-state index in [1.165, 1.54) is 0 Å². The quantitative estimate of drug-likeness (QED) is 0.545. The Kier molecular flexibility index (Phi) is 9.11. The van der Waals surface area contributed by atoms with E-state index in [-0.39, 0.29) is 0 Å². The van der Waals surface area contributed by atoms with Crippen molar-refractivity contribution in [1.29, 1.82) is 0 Å². The van der Waals surface area contributed by atoms with Crippen molar-refractivity contribution in [3.63, 3.8) is 0 Å². The standard InChI is InChI=1S/C20H28Cl2N4O/c1-4-26(5-2)12-6-7-15(3)24-19-10-11-23-20(25-19)27-14-16-8-9-17(21)13-18(16)22/h8-11,13,15H,4-7,12,14H2,1-3H3,(H,23,24,25). The van der Waals surface area contributed by atoms with Crippen molar-refractivity contribution in [2.24, 2.45) is 0 Å². The van der Waals surface area contributed by atoms with Gasteiger partial charge in [0.2, 0.25) is 0 Å². The van der Waals surface area contributed by atoms with E-state index in [4.69, 9.17) is 27.9 Å². The van der Waals surface area contributed by atoms with Crippen molar-refractivity contribution in [3.8, 4) is 6.01 Å². The zero-order chi connectivity index (χ0) is 19.6. The molecule has 27 heavy (non-hydrogen) atoms. The number of aromatic nitrogens is 2. The summed E-state index contributed by atoms with van der Waals surface area (Å²) in [6.45, 7) is 10.2. The minimum Gasteiger partial charge on any atom is -0.458 e. The molecule has 1 N–H and O–H groups in total. The number of hydrogen-bond donors (Lipinski definition) is 1. The summed E-state index contributed by atoms with van der Waals surface area (Å²) in [4.78, 5) is 11.0. The number of ether oxygens (including phenoxy) is 1. The molecule has 0 aliphatic carbocycles. The predicted molar refractivity (Wildman–Crippen MR) is 113 cm³/mol. The first kappa shape index (κ1) is 21.7. The van der Waals surface area contributed by atoms with Crippen LogP contribution in [-0.2, 0) is 6.61 Å². The Bertz CT molecular complexity index is 710. The zero-order valence-corrected chi connectivity index (χ0v) is 17.7. The number of nitrogens with one attached hydrogen (secondary N) is 1. The third-order valence-corrected chi connectivity index (χ3v) is 4.99. The summed E-state index contributed by atoms with van der Waals surface area (Å²) in [6.07, 6.45) is 3.92. The van der Waals surface area contributed by atoms with Gasteiger partial charge in [-0.05, 0) is 57.6 Å². The first-order valence-corrected chi connectivity index (χ1v) is 10.2. The fourth-order valence-electron chi connectivity index (χ4n) is 2.76. The average molecular weight is 411 g/mol. The van der Waals surface area contributed by atoms with Crippen molar-refractivity contribution in [2.75, 3.05) is 25.0 Å². The maximum absolute atomic E-state index is 6.17. The molecule has 1 atom stereocenters. The highest BCUT2D eigenvalue weighted by atomic mass is 35.5. The fraction of sp³-hybridized carbons (Fsp3) is 0.500. The van der Waals surface area contributed by atoms with Gasteiger partial charge >= 0.3 is 6.01 Å². The SMILES string of the molecule is CCN(CC)CCCC(C)Nc1ccnc(OCc2ccc(Cl)cc2Cl)n1. The molecule has 0 radical (unpaired) electrons. The highest BCUT2D eigenvalue weighted by Crippen LogP contribution is 2.22.